The smallest absolute Gasteiger partial charge is 0.306 e. The van der Waals surface area contributed by atoms with Crippen LogP contribution < -0.4 is 5.32 Å². The molecule has 0 bridgehead atoms. The molecule has 0 amide bonds. The predicted octanol–water partition coefficient (Wildman–Crippen LogP) is 8.81. The summed E-state index contributed by atoms with van der Waals surface area (Å²) in [6.07, 6.45) is 21.0. The van der Waals surface area contributed by atoms with Crippen molar-refractivity contribution in [2.75, 3.05) is 20.3 Å². The van der Waals surface area contributed by atoms with E-state index in [-0.39, 0.29) is 11.3 Å². The van der Waals surface area contributed by atoms with Gasteiger partial charge in [0.1, 0.15) is 0 Å². The van der Waals surface area contributed by atoms with Crippen LogP contribution in [-0.2, 0) is 9.53 Å². The number of nitrogens with one attached hydrogen (secondary N) is 1. The number of fused-ring (bicyclic) bond motifs is 7. The Hall–Kier alpha value is -1.13. The molecule has 236 valence electrons. The average Bonchev–Trinajstić information content (AvgIpc) is 3.37. The number of hydrogen-bond acceptors (Lipinski definition) is 3. The molecule has 10 atom stereocenters. The van der Waals surface area contributed by atoms with Crippen LogP contribution in [0, 0.1) is 57.2 Å². The van der Waals surface area contributed by atoms with E-state index < -0.39 is 5.97 Å². The van der Waals surface area contributed by atoms with E-state index in [1.165, 1.54) is 69.8 Å². The minimum absolute atomic E-state index is 0.143. The molecule has 4 fully saturated rings. The molecule has 4 heteroatoms. The fraction of sp³-hybridized carbons (Fsp3) is 0.868. The van der Waals surface area contributed by atoms with Gasteiger partial charge in [0.2, 0.25) is 0 Å². The zero-order chi connectivity index (χ0) is 30.1. The fourth-order valence-electron chi connectivity index (χ4n) is 13.1. The second kappa shape index (κ2) is 10.7. The highest BCUT2D eigenvalue weighted by Crippen LogP contribution is 2.76. The Kier molecular flexibility index (Phi) is 7.90. The van der Waals surface area contributed by atoms with Crippen LogP contribution in [0.15, 0.2) is 23.3 Å². The summed E-state index contributed by atoms with van der Waals surface area (Å²) in [5.41, 5.74) is 4.68. The van der Waals surface area contributed by atoms with Crippen LogP contribution in [-0.4, -0.2) is 36.9 Å². The third-order valence-electron chi connectivity index (χ3n) is 15.3. The number of methoxy groups -OCH3 is 1. The third-order valence-corrected chi connectivity index (χ3v) is 15.3. The van der Waals surface area contributed by atoms with Gasteiger partial charge in [-0.25, -0.2) is 0 Å². The maximum atomic E-state index is 11.6. The molecule has 42 heavy (non-hydrogen) atoms. The summed E-state index contributed by atoms with van der Waals surface area (Å²) in [6.45, 7) is 17.5. The number of carboxylic acid groups (broad SMARTS) is 1. The Bertz CT molecular complexity index is 1120. The Morgan fingerprint density at radius 2 is 1.74 bits per heavy atom. The number of carbonyl (C=O) groups is 1. The Morgan fingerprint density at radius 3 is 2.43 bits per heavy atom. The van der Waals surface area contributed by atoms with E-state index in [2.05, 4.69) is 59.0 Å². The van der Waals surface area contributed by atoms with E-state index in [1.807, 2.05) is 7.11 Å². The van der Waals surface area contributed by atoms with Crippen LogP contribution in [0.2, 0.25) is 0 Å². The number of allylic oxidation sites excluding steroid dienone is 4. The summed E-state index contributed by atoms with van der Waals surface area (Å²) >= 11 is 0. The monoisotopic (exact) mass is 579 g/mol. The largest absolute Gasteiger partial charge is 0.481 e. The zero-order valence-corrected chi connectivity index (χ0v) is 28.0. The Balaban J connectivity index is 1.26. The van der Waals surface area contributed by atoms with Gasteiger partial charge in [-0.1, -0.05) is 60.1 Å². The van der Waals surface area contributed by atoms with Crippen LogP contribution in [0.5, 0.6) is 0 Å². The van der Waals surface area contributed by atoms with Crippen molar-refractivity contribution in [3.8, 4) is 0 Å². The minimum atomic E-state index is -0.626. The van der Waals surface area contributed by atoms with Gasteiger partial charge in [0.05, 0.1) is 5.92 Å². The van der Waals surface area contributed by atoms with Gasteiger partial charge in [-0.2, -0.15) is 0 Å². The van der Waals surface area contributed by atoms with Crippen LogP contribution in [0.4, 0.5) is 0 Å². The minimum Gasteiger partial charge on any atom is -0.481 e. The van der Waals surface area contributed by atoms with Crippen molar-refractivity contribution < 1.29 is 14.6 Å². The van der Waals surface area contributed by atoms with Crippen LogP contribution in [0.3, 0.4) is 0 Å². The number of hydrogen-bond donors (Lipinski definition) is 2. The first-order valence-corrected chi connectivity index (χ1v) is 17.7. The first-order valence-electron chi connectivity index (χ1n) is 17.7. The molecule has 6 rings (SSSR count). The summed E-state index contributed by atoms with van der Waals surface area (Å²) in [4.78, 5) is 11.6. The lowest BCUT2D eigenvalue weighted by molar-refractivity contribution is -0.218. The molecule has 0 saturated heterocycles. The van der Waals surface area contributed by atoms with Gasteiger partial charge in [-0.05, 0) is 139 Å². The van der Waals surface area contributed by atoms with E-state index in [9.17, 15) is 9.90 Å². The van der Waals surface area contributed by atoms with Gasteiger partial charge in [0, 0.05) is 25.8 Å². The second-order valence-electron chi connectivity index (χ2n) is 17.3. The summed E-state index contributed by atoms with van der Waals surface area (Å²) < 4.78 is 5.48. The van der Waals surface area contributed by atoms with Crippen molar-refractivity contribution >= 4 is 5.97 Å². The van der Waals surface area contributed by atoms with Crippen molar-refractivity contribution in [1.29, 1.82) is 0 Å². The normalized spacial score (nSPS) is 46.8. The predicted molar refractivity (Wildman–Crippen MR) is 171 cm³/mol. The highest BCUT2D eigenvalue weighted by molar-refractivity contribution is 5.70. The van der Waals surface area contributed by atoms with Crippen molar-refractivity contribution in [3.05, 3.63) is 23.3 Å². The van der Waals surface area contributed by atoms with Crippen LogP contribution in [0.1, 0.15) is 125 Å². The molecule has 0 heterocycles. The average molecular weight is 580 g/mol. The van der Waals surface area contributed by atoms with E-state index >= 15 is 0 Å². The van der Waals surface area contributed by atoms with E-state index in [0.717, 1.165) is 43.7 Å². The number of ether oxygens (including phenoxy) is 1. The lowest BCUT2D eigenvalue weighted by Crippen LogP contribution is -2.67. The SMILES string of the molecule is COCC(C)CNC12CCC[C@@H]1C1CCC3C4(C)CC=C(C5=CCC(C(=O)O)CC5)C(C)(C)C4CCC3(C)[C@]1(C)CC2. The number of rotatable bonds is 7. The lowest BCUT2D eigenvalue weighted by Gasteiger charge is -2.72. The molecule has 2 N–H and O–H groups in total. The maximum absolute atomic E-state index is 11.6. The lowest BCUT2D eigenvalue weighted by atomic mass is 9.33. The van der Waals surface area contributed by atoms with Gasteiger partial charge in [-0.3, -0.25) is 4.79 Å². The molecule has 4 saturated carbocycles. The first kappa shape index (κ1) is 30.9. The number of aliphatic carboxylic acids is 1. The molecule has 6 aliphatic rings. The molecule has 0 aromatic heterocycles. The standard InChI is InChI=1S/C38H61NO3/c1-25(24-42-7)23-39-38-18-8-9-30(38)29-14-15-32-35(4)19-16-28(26-10-12-27(13-11-26)33(40)41)34(2,3)31(35)17-20-37(32,6)36(29,5)21-22-38/h10,16,25,27,29-32,39H,8-9,11-15,17-24H2,1-7H3,(H,40,41)/t25?,27?,29?,30-,31?,32?,35?,36-,37?,38?/m1/s1. The molecule has 0 spiro atoms. The van der Waals surface area contributed by atoms with Crippen LogP contribution >= 0.6 is 0 Å². The van der Waals surface area contributed by atoms with E-state index in [1.54, 1.807) is 5.57 Å². The molecule has 0 aromatic rings. The molecule has 0 aromatic carbocycles. The van der Waals surface area contributed by atoms with Gasteiger partial charge in [0.25, 0.3) is 0 Å². The molecular weight excluding hydrogens is 518 g/mol. The van der Waals surface area contributed by atoms with Crippen molar-refractivity contribution in [3.63, 3.8) is 0 Å². The van der Waals surface area contributed by atoms with E-state index in [4.69, 9.17) is 4.74 Å². The summed E-state index contributed by atoms with van der Waals surface area (Å²) in [6, 6.07) is 0. The van der Waals surface area contributed by atoms with Crippen molar-refractivity contribution in [2.24, 2.45) is 57.2 Å². The fourth-order valence-corrected chi connectivity index (χ4v) is 13.1. The number of carboxylic acids is 1. The van der Waals surface area contributed by atoms with E-state index in [0.29, 0.717) is 40.0 Å². The second-order valence-corrected chi connectivity index (χ2v) is 17.3. The molecular formula is C38H61NO3. The molecule has 8 unspecified atom stereocenters. The molecule has 0 aliphatic heterocycles. The first-order chi connectivity index (χ1) is 19.8. The van der Waals surface area contributed by atoms with Crippen molar-refractivity contribution in [2.45, 2.75) is 131 Å². The van der Waals surface area contributed by atoms with Crippen molar-refractivity contribution in [1.82, 2.24) is 5.32 Å². The Morgan fingerprint density at radius 1 is 0.952 bits per heavy atom. The quantitative estimate of drug-likeness (QED) is 0.316. The maximum Gasteiger partial charge on any atom is 0.306 e. The Labute approximate surface area is 256 Å². The van der Waals surface area contributed by atoms with Crippen LogP contribution in [0.25, 0.3) is 0 Å². The molecule has 4 nitrogen and oxygen atoms in total. The van der Waals surface area contributed by atoms with Gasteiger partial charge < -0.3 is 15.2 Å². The molecule has 6 aliphatic carbocycles. The summed E-state index contributed by atoms with van der Waals surface area (Å²) in [7, 11) is 1.83. The van der Waals surface area contributed by atoms with Gasteiger partial charge >= 0.3 is 5.97 Å². The van der Waals surface area contributed by atoms with Gasteiger partial charge in [-0.15, -0.1) is 0 Å². The molecule has 0 radical (unpaired) electrons. The third kappa shape index (κ3) is 4.45. The zero-order valence-electron chi connectivity index (χ0n) is 28.0. The topological polar surface area (TPSA) is 58.6 Å². The van der Waals surface area contributed by atoms with Gasteiger partial charge in [0.15, 0.2) is 0 Å². The summed E-state index contributed by atoms with van der Waals surface area (Å²) in [5.74, 6) is 2.89. The highest BCUT2D eigenvalue weighted by Gasteiger charge is 2.69. The highest BCUT2D eigenvalue weighted by atomic mass is 16.5. The summed E-state index contributed by atoms with van der Waals surface area (Å²) in [5, 5.41) is 13.7.